The zero-order chi connectivity index (χ0) is 21.4. The van der Waals surface area contributed by atoms with E-state index in [1.54, 1.807) is 61.0 Å². The van der Waals surface area contributed by atoms with E-state index in [0.29, 0.717) is 38.9 Å². The molecule has 0 aliphatic rings. The third kappa shape index (κ3) is 3.69. The van der Waals surface area contributed by atoms with Crippen molar-refractivity contribution in [3.8, 4) is 11.6 Å². The van der Waals surface area contributed by atoms with E-state index in [0.717, 1.165) is 11.0 Å². The van der Waals surface area contributed by atoms with Crippen molar-refractivity contribution in [3.63, 3.8) is 0 Å². The minimum atomic E-state index is -0.291. The molecule has 152 valence electrons. The highest BCUT2D eigenvalue weighted by molar-refractivity contribution is 6.31. The van der Waals surface area contributed by atoms with Crippen molar-refractivity contribution in [3.05, 3.63) is 93.6 Å². The van der Waals surface area contributed by atoms with Crippen molar-refractivity contribution >= 4 is 45.8 Å². The van der Waals surface area contributed by atoms with Crippen LogP contribution in [-0.4, -0.2) is 15.9 Å². The number of para-hydroxylation sites is 1. The van der Waals surface area contributed by atoms with Crippen LogP contribution < -0.4 is 5.56 Å². The molecule has 0 radical (unpaired) electrons. The fourth-order valence-corrected chi connectivity index (χ4v) is 3.48. The quantitative estimate of drug-likeness (QED) is 0.329. The summed E-state index contributed by atoms with van der Waals surface area (Å²) >= 11 is 6.10. The third-order valence-electron chi connectivity index (χ3n) is 4.74. The van der Waals surface area contributed by atoms with Crippen molar-refractivity contribution < 1.29 is 8.83 Å². The summed E-state index contributed by atoms with van der Waals surface area (Å²) in [6.07, 6.45) is 5.01. The Bertz CT molecular complexity index is 1530. The number of furan rings is 2. The number of allylic oxidation sites excluding steroid dienone is 1. The molecule has 0 spiro atoms. The molecule has 0 amide bonds. The molecule has 0 saturated carbocycles. The van der Waals surface area contributed by atoms with Gasteiger partial charge >= 0.3 is 0 Å². The molecule has 2 aromatic carbocycles. The first-order valence-electron chi connectivity index (χ1n) is 9.56. The van der Waals surface area contributed by atoms with Gasteiger partial charge in [0.2, 0.25) is 5.82 Å². The fourth-order valence-electron chi connectivity index (χ4n) is 3.30. The highest BCUT2D eigenvalue weighted by Gasteiger charge is 2.16. The van der Waals surface area contributed by atoms with Crippen LogP contribution in [0, 0.1) is 0 Å². The topological polar surface area (TPSA) is 73.5 Å². The largest absolute Gasteiger partial charge is 0.465 e. The number of hydrogen-bond donors (Lipinski definition) is 0. The number of halogens is 1. The van der Waals surface area contributed by atoms with Gasteiger partial charge in [-0.15, -0.1) is 0 Å². The zero-order valence-electron chi connectivity index (χ0n) is 16.4. The molecular weight excluding hydrogens is 414 g/mol. The lowest BCUT2D eigenvalue weighted by Crippen LogP contribution is -2.20. The van der Waals surface area contributed by atoms with Crippen LogP contribution >= 0.6 is 11.6 Å². The predicted octanol–water partition coefficient (Wildman–Crippen LogP) is 5.99. The Morgan fingerprint density at radius 3 is 2.84 bits per heavy atom. The molecule has 0 N–H and O–H groups in total. The normalized spacial score (nSPS) is 12.4. The van der Waals surface area contributed by atoms with Gasteiger partial charge in [-0.1, -0.05) is 23.7 Å². The van der Waals surface area contributed by atoms with Crippen LogP contribution in [0.15, 0.2) is 91.2 Å². The van der Waals surface area contributed by atoms with Crippen molar-refractivity contribution in [1.82, 2.24) is 9.66 Å². The molecule has 0 aliphatic heterocycles. The Morgan fingerprint density at radius 1 is 1.13 bits per heavy atom. The van der Waals surface area contributed by atoms with Crippen molar-refractivity contribution in [2.24, 2.45) is 5.10 Å². The number of nitrogens with zero attached hydrogens (tertiary/aromatic N) is 3. The zero-order valence-corrected chi connectivity index (χ0v) is 17.2. The first kappa shape index (κ1) is 19.1. The first-order valence-corrected chi connectivity index (χ1v) is 9.94. The van der Waals surface area contributed by atoms with Gasteiger partial charge in [0.05, 0.1) is 23.4 Å². The van der Waals surface area contributed by atoms with Gasteiger partial charge in [-0.2, -0.15) is 9.78 Å². The summed E-state index contributed by atoms with van der Waals surface area (Å²) < 4.78 is 12.5. The molecule has 3 heterocycles. The lowest BCUT2D eigenvalue weighted by molar-refractivity contribution is 0.557. The molecule has 5 rings (SSSR count). The summed E-state index contributed by atoms with van der Waals surface area (Å²) in [5, 5.41) is 6.30. The van der Waals surface area contributed by atoms with Gasteiger partial charge in [-0.3, -0.25) is 4.79 Å². The van der Waals surface area contributed by atoms with Crippen LogP contribution in [0.4, 0.5) is 0 Å². The van der Waals surface area contributed by atoms with Crippen LogP contribution in [0.3, 0.4) is 0 Å². The van der Waals surface area contributed by atoms with E-state index < -0.39 is 0 Å². The monoisotopic (exact) mass is 429 g/mol. The second-order valence-electron chi connectivity index (χ2n) is 7.01. The molecule has 0 atom stereocenters. The SMILES string of the molecule is C/C(C=Nn1c(-c2cc3cc(Cl)ccc3o2)nc2ccccc2c1=O)=C\c1ccco1. The van der Waals surface area contributed by atoms with E-state index in [9.17, 15) is 4.79 Å². The first-order chi connectivity index (χ1) is 15.1. The van der Waals surface area contributed by atoms with Crippen LogP contribution in [0.1, 0.15) is 12.7 Å². The summed E-state index contributed by atoms with van der Waals surface area (Å²) in [7, 11) is 0. The number of fused-ring (bicyclic) bond motifs is 2. The predicted molar refractivity (Wildman–Crippen MR) is 122 cm³/mol. The number of rotatable bonds is 4. The number of hydrogen-bond acceptors (Lipinski definition) is 5. The Kier molecular flexibility index (Phi) is 4.76. The van der Waals surface area contributed by atoms with Gasteiger partial charge in [0.1, 0.15) is 11.3 Å². The Labute approximate surface area is 181 Å². The lowest BCUT2D eigenvalue weighted by Gasteiger charge is -2.07. The average molecular weight is 430 g/mol. The van der Waals surface area contributed by atoms with Crippen LogP contribution in [0.2, 0.25) is 5.02 Å². The summed E-state index contributed by atoms with van der Waals surface area (Å²) in [5.74, 6) is 1.42. The van der Waals surface area contributed by atoms with Crippen molar-refractivity contribution in [2.75, 3.05) is 0 Å². The standard InChI is InChI=1S/C24H16ClN3O3/c1-15(11-18-5-4-10-30-18)14-26-28-23(27-20-7-3-2-6-19(20)24(28)29)22-13-16-12-17(25)8-9-21(16)31-22/h2-14H,1H3/b15-11+,26-14?. The summed E-state index contributed by atoms with van der Waals surface area (Å²) in [5.41, 5.74) is 1.72. The molecule has 0 aliphatic carbocycles. The van der Waals surface area contributed by atoms with E-state index in [4.69, 9.17) is 20.4 Å². The van der Waals surface area contributed by atoms with E-state index >= 15 is 0 Å². The van der Waals surface area contributed by atoms with Gasteiger partial charge in [0, 0.05) is 10.4 Å². The van der Waals surface area contributed by atoms with Gasteiger partial charge in [0.25, 0.3) is 5.56 Å². The molecule has 3 aromatic heterocycles. The van der Waals surface area contributed by atoms with Gasteiger partial charge in [0.15, 0.2) is 5.76 Å². The maximum absolute atomic E-state index is 13.2. The Balaban J connectivity index is 1.69. The maximum atomic E-state index is 13.2. The van der Waals surface area contributed by atoms with Crippen molar-refractivity contribution in [2.45, 2.75) is 6.92 Å². The Hall–Kier alpha value is -3.90. The molecule has 5 aromatic rings. The second kappa shape index (κ2) is 7.74. The van der Waals surface area contributed by atoms with Gasteiger partial charge < -0.3 is 8.83 Å². The minimum absolute atomic E-state index is 0.291. The summed E-state index contributed by atoms with van der Waals surface area (Å²) in [6, 6.07) is 17.9. The van der Waals surface area contributed by atoms with E-state index in [1.165, 1.54) is 4.68 Å². The van der Waals surface area contributed by atoms with Crippen LogP contribution in [-0.2, 0) is 0 Å². The smallest absolute Gasteiger partial charge is 0.282 e. The fraction of sp³-hybridized carbons (Fsp3) is 0.0417. The molecule has 0 bridgehead atoms. The van der Waals surface area contributed by atoms with Crippen LogP contribution in [0.25, 0.3) is 39.5 Å². The molecular formula is C24H16ClN3O3. The molecule has 0 saturated heterocycles. The van der Waals surface area contributed by atoms with E-state index in [1.807, 2.05) is 25.1 Å². The van der Waals surface area contributed by atoms with Crippen molar-refractivity contribution in [1.29, 1.82) is 0 Å². The molecule has 0 unspecified atom stereocenters. The summed E-state index contributed by atoms with van der Waals surface area (Å²) in [6.45, 7) is 1.87. The molecule has 0 fully saturated rings. The van der Waals surface area contributed by atoms with E-state index in [2.05, 4.69) is 10.1 Å². The van der Waals surface area contributed by atoms with Crippen LogP contribution in [0.5, 0.6) is 0 Å². The highest BCUT2D eigenvalue weighted by atomic mass is 35.5. The minimum Gasteiger partial charge on any atom is -0.465 e. The second-order valence-corrected chi connectivity index (χ2v) is 7.45. The van der Waals surface area contributed by atoms with Gasteiger partial charge in [-0.25, -0.2) is 4.98 Å². The lowest BCUT2D eigenvalue weighted by atomic mass is 10.2. The molecule has 7 heteroatoms. The highest BCUT2D eigenvalue weighted by Crippen LogP contribution is 2.29. The summed E-state index contributed by atoms with van der Waals surface area (Å²) in [4.78, 5) is 17.9. The Morgan fingerprint density at radius 2 is 2.00 bits per heavy atom. The average Bonchev–Trinajstić information content (AvgIpc) is 3.42. The number of aromatic nitrogens is 2. The van der Waals surface area contributed by atoms with Gasteiger partial charge in [-0.05, 0) is 67.1 Å². The number of benzene rings is 2. The van der Waals surface area contributed by atoms with E-state index in [-0.39, 0.29) is 5.56 Å². The molecule has 6 nitrogen and oxygen atoms in total. The molecule has 31 heavy (non-hydrogen) atoms. The third-order valence-corrected chi connectivity index (χ3v) is 4.98. The maximum Gasteiger partial charge on any atom is 0.282 e.